The minimum atomic E-state index is -3.32. The lowest BCUT2D eigenvalue weighted by Crippen LogP contribution is -2.08. The van der Waals surface area contributed by atoms with E-state index in [-0.39, 0.29) is 17.1 Å². The highest BCUT2D eigenvalue weighted by molar-refractivity contribution is 7.89. The smallest absolute Gasteiger partial charge is 0.335 e. The van der Waals surface area contributed by atoms with E-state index in [1.54, 1.807) is 24.3 Å². The van der Waals surface area contributed by atoms with Crippen LogP contribution < -0.4 is 5.73 Å². The van der Waals surface area contributed by atoms with E-state index in [1.807, 2.05) is 0 Å². The van der Waals surface area contributed by atoms with Gasteiger partial charge in [-0.25, -0.2) is 13.2 Å². The summed E-state index contributed by atoms with van der Waals surface area (Å²) >= 11 is 0. The van der Waals surface area contributed by atoms with Gasteiger partial charge in [-0.3, -0.25) is 0 Å². The lowest BCUT2D eigenvalue weighted by atomic mass is 10.1. The number of hydrogen-bond acceptors (Lipinski definition) is 4. The van der Waals surface area contributed by atoms with Crippen molar-refractivity contribution in [2.45, 2.75) is 11.5 Å². The topological polar surface area (TPSA) is 97.5 Å². The standard InChI is InChI=1S/C15H15NO4S/c16-14-7-3-12(4-8-14)10-21(19,20)9-11-1-5-13(6-2-11)15(17)18/h1-8H,9-10,16H2,(H,17,18). The number of anilines is 1. The van der Waals surface area contributed by atoms with Crippen LogP contribution in [0.5, 0.6) is 0 Å². The summed E-state index contributed by atoms with van der Waals surface area (Å²) in [6.45, 7) is 0. The quantitative estimate of drug-likeness (QED) is 0.824. The summed E-state index contributed by atoms with van der Waals surface area (Å²) in [5, 5.41) is 8.80. The maximum atomic E-state index is 12.1. The van der Waals surface area contributed by atoms with Crippen molar-refractivity contribution in [1.29, 1.82) is 0 Å². The molecule has 0 saturated carbocycles. The molecule has 3 N–H and O–H groups in total. The van der Waals surface area contributed by atoms with Crippen LogP contribution in [0.15, 0.2) is 48.5 Å². The fourth-order valence-electron chi connectivity index (χ4n) is 1.92. The molecule has 0 aromatic heterocycles. The Hall–Kier alpha value is -2.34. The molecule has 0 unspecified atom stereocenters. The first-order chi connectivity index (χ1) is 9.85. The predicted molar refractivity (Wildman–Crippen MR) is 80.6 cm³/mol. The molecular weight excluding hydrogens is 290 g/mol. The van der Waals surface area contributed by atoms with Gasteiger partial charge in [0.2, 0.25) is 0 Å². The van der Waals surface area contributed by atoms with Crippen LogP contribution in [0.2, 0.25) is 0 Å². The van der Waals surface area contributed by atoms with Gasteiger partial charge >= 0.3 is 5.97 Å². The first-order valence-electron chi connectivity index (χ1n) is 6.23. The summed E-state index contributed by atoms with van der Waals surface area (Å²) in [5.74, 6) is -1.24. The molecule has 0 fully saturated rings. The second-order valence-electron chi connectivity index (χ2n) is 4.78. The number of sulfone groups is 1. The third-order valence-electron chi connectivity index (χ3n) is 2.95. The third-order valence-corrected chi connectivity index (χ3v) is 4.50. The van der Waals surface area contributed by atoms with E-state index < -0.39 is 15.8 Å². The van der Waals surface area contributed by atoms with E-state index in [4.69, 9.17) is 10.8 Å². The van der Waals surface area contributed by atoms with Crippen LogP contribution in [0.3, 0.4) is 0 Å². The molecule has 0 bridgehead atoms. The molecule has 0 saturated heterocycles. The molecule has 2 aromatic carbocycles. The summed E-state index contributed by atoms with van der Waals surface area (Å²) in [6.07, 6.45) is 0. The van der Waals surface area contributed by atoms with E-state index in [0.717, 1.165) is 0 Å². The molecule has 2 rings (SSSR count). The van der Waals surface area contributed by atoms with E-state index in [0.29, 0.717) is 16.8 Å². The lowest BCUT2D eigenvalue weighted by molar-refractivity contribution is 0.0697. The molecule has 6 heteroatoms. The van der Waals surface area contributed by atoms with Crippen molar-refractivity contribution in [2.24, 2.45) is 0 Å². The number of carboxylic acid groups (broad SMARTS) is 1. The fraction of sp³-hybridized carbons (Fsp3) is 0.133. The van der Waals surface area contributed by atoms with Gasteiger partial charge in [0.25, 0.3) is 0 Å². The molecule has 5 nitrogen and oxygen atoms in total. The summed E-state index contributed by atoms with van der Waals surface area (Å²) in [7, 11) is -3.32. The first-order valence-corrected chi connectivity index (χ1v) is 8.05. The van der Waals surface area contributed by atoms with Gasteiger partial charge in [0.15, 0.2) is 9.84 Å². The van der Waals surface area contributed by atoms with Crippen LogP contribution in [-0.4, -0.2) is 19.5 Å². The van der Waals surface area contributed by atoms with Gasteiger partial charge in [-0.05, 0) is 35.4 Å². The van der Waals surface area contributed by atoms with Gasteiger partial charge in [0.05, 0.1) is 17.1 Å². The molecule has 21 heavy (non-hydrogen) atoms. The second kappa shape index (κ2) is 5.97. The summed E-state index contributed by atoms with van der Waals surface area (Å²) in [4.78, 5) is 10.7. The number of carbonyl (C=O) groups is 1. The Labute approximate surface area is 123 Å². The Balaban J connectivity index is 2.10. The average molecular weight is 305 g/mol. The van der Waals surface area contributed by atoms with E-state index >= 15 is 0 Å². The Morgan fingerprint density at radius 3 is 1.76 bits per heavy atom. The van der Waals surface area contributed by atoms with Crippen LogP contribution in [0.1, 0.15) is 21.5 Å². The van der Waals surface area contributed by atoms with Crippen molar-refractivity contribution in [3.63, 3.8) is 0 Å². The fourth-order valence-corrected chi connectivity index (χ4v) is 3.42. The van der Waals surface area contributed by atoms with Crippen LogP contribution in [0, 0.1) is 0 Å². The highest BCUT2D eigenvalue weighted by atomic mass is 32.2. The van der Waals surface area contributed by atoms with Crippen LogP contribution >= 0.6 is 0 Å². The molecular formula is C15H15NO4S. The van der Waals surface area contributed by atoms with E-state index in [2.05, 4.69) is 0 Å². The number of benzene rings is 2. The van der Waals surface area contributed by atoms with E-state index in [1.165, 1.54) is 24.3 Å². The molecule has 2 aromatic rings. The maximum absolute atomic E-state index is 12.1. The summed E-state index contributed by atoms with van der Waals surface area (Å²) in [6, 6.07) is 12.5. The monoisotopic (exact) mass is 305 g/mol. The van der Waals surface area contributed by atoms with Gasteiger partial charge in [-0.1, -0.05) is 24.3 Å². The van der Waals surface area contributed by atoms with Gasteiger partial charge in [-0.2, -0.15) is 0 Å². The molecule has 0 aliphatic rings. The Morgan fingerprint density at radius 2 is 1.33 bits per heavy atom. The van der Waals surface area contributed by atoms with Crippen molar-refractivity contribution in [2.75, 3.05) is 5.73 Å². The van der Waals surface area contributed by atoms with Crippen molar-refractivity contribution >= 4 is 21.5 Å². The average Bonchev–Trinajstić information content (AvgIpc) is 2.41. The minimum Gasteiger partial charge on any atom is -0.478 e. The molecule has 0 aliphatic carbocycles. The van der Waals surface area contributed by atoms with Crippen molar-refractivity contribution in [3.8, 4) is 0 Å². The maximum Gasteiger partial charge on any atom is 0.335 e. The Morgan fingerprint density at radius 1 is 0.905 bits per heavy atom. The molecule has 0 spiro atoms. The van der Waals surface area contributed by atoms with Crippen molar-refractivity contribution in [3.05, 3.63) is 65.2 Å². The molecule has 0 heterocycles. The second-order valence-corrected chi connectivity index (χ2v) is 6.84. The normalized spacial score (nSPS) is 11.2. The molecule has 110 valence electrons. The van der Waals surface area contributed by atoms with Crippen molar-refractivity contribution in [1.82, 2.24) is 0 Å². The molecule has 0 aliphatic heterocycles. The SMILES string of the molecule is Nc1ccc(CS(=O)(=O)Cc2ccc(C(=O)O)cc2)cc1. The zero-order valence-electron chi connectivity index (χ0n) is 11.2. The summed E-state index contributed by atoms with van der Waals surface area (Å²) in [5.41, 5.74) is 7.51. The third kappa shape index (κ3) is 4.32. The van der Waals surface area contributed by atoms with Gasteiger partial charge in [0.1, 0.15) is 0 Å². The van der Waals surface area contributed by atoms with Crippen LogP contribution in [0.25, 0.3) is 0 Å². The number of nitrogen functional groups attached to an aromatic ring is 1. The number of nitrogens with two attached hydrogens (primary N) is 1. The zero-order valence-corrected chi connectivity index (χ0v) is 12.0. The summed E-state index contributed by atoms with van der Waals surface area (Å²) < 4.78 is 24.3. The van der Waals surface area contributed by atoms with Gasteiger partial charge in [0, 0.05) is 5.69 Å². The highest BCUT2D eigenvalue weighted by Crippen LogP contribution is 2.14. The first kappa shape index (κ1) is 15.1. The van der Waals surface area contributed by atoms with Gasteiger partial charge in [-0.15, -0.1) is 0 Å². The van der Waals surface area contributed by atoms with Crippen LogP contribution in [-0.2, 0) is 21.3 Å². The molecule has 0 radical (unpaired) electrons. The van der Waals surface area contributed by atoms with E-state index in [9.17, 15) is 13.2 Å². The highest BCUT2D eigenvalue weighted by Gasteiger charge is 2.13. The minimum absolute atomic E-state index is 0.0754. The molecule has 0 atom stereocenters. The Kier molecular flexibility index (Phi) is 4.28. The lowest BCUT2D eigenvalue weighted by Gasteiger charge is -2.06. The zero-order chi connectivity index (χ0) is 15.5. The number of aromatic carboxylic acids is 1. The number of hydrogen-bond donors (Lipinski definition) is 2. The number of carboxylic acids is 1. The van der Waals surface area contributed by atoms with Gasteiger partial charge < -0.3 is 10.8 Å². The number of rotatable bonds is 5. The Bertz CT molecular complexity index is 734. The van der Waals surface area contributed by atoms with Crippen molar-refractivity contribution < 1.29 is 18.3 Å². The van der Waals surface area contributed by atoms with Crippen LogP contribution in [0.4, 0.5) is 5.69 Å². The molecule has 0 amide bonds. The largest absolute Gasteiger partial charge is 0.478 e. The predicted octanol–water partition coefficient (Wildman–Crippen LogP) is 2.08.